The Morgan fingerprint density at radius 3 is 2.43 bits per heavy atom. The number of carbonyl (C=O) groups excluding carboxylic acids is 1. The summed E-state index contributed by atoms with van der Waals surface area (Å²) < 4.78 is 24.8. The van der Waals surface area contributed by atoms with Crippen LogP contribution in [0.15, 0.2) is 42.5 Å². The van der Waals surface area contributed by atoms with E-state index in [2.05, 4.69) is 4.90 Å². The highest BCUT2D eigenvalue weighted by Crippen LogP contribution is 2.32. The topological polar surface area (TPSA) is 42.0 Å². The molecule has 0 aromatic heterocycles. The van der Waals surface area contributed by atoms with Crippen LogP contribution >= 0.6 is 0 Å². The van der Waals surface area contributed by atoms with Crippen molar-refractivity contribution in [2.45, 2.75) is 38.2 Å². The second-order valence-corrected chi connectivity index (χ2v) is 8.00. The Kier molecular flexibility index (Phi) is 6.41. The molecule has 1 saturated carbocycles. The van der Waals surface area contributed by atoms with Gasteiger partial charge in [0, 0.05) is 37.4 Å². The number of carbonyl (C=O) groups is 1. The minimum atomic E-state index is -0.236. The zero-order chi connectivity index (χ0) is 20.9. The lowest BCUT2D eigenvalue weighted by Gasteiger charge is -2.24. The van der Waals surface area contributed by atoms with Crippen molar-refractivity contribution in [3.63, 3.8) is 0 Å². The first kappa shape index (κ1) is 20.5. The molecular formula is C24H29FN2O3. The van der Waals surface area contributed by atoms with E-state index in [9.17, 15) is 9.18 Å². The number of hydrogen-bond donors (Lipinski definition) is 0. The van der Waals surface area contributed by atoms with E-state index < -0.39 is 0 Å². The molecule has 6 heteroatoms. The summed E-state index contributed by atoms with van der Waals surface area (Å²) in [6.07, 6.45) is 5.65. The number of methoxy groups -OCH3 is 1. The van der Waals surface area contributed by atoms with Gasteiger partial charge in [-0.15, -0.1) is 0 Å². The number of halogens is 1. The van der Waals surface area contributed by atoms with Gasteiger partial charge in [0.05, 0.1) is 13.2 Å². The van der Waals surface area contributed by atoms with Crippen LogP contribution in [0.3, 0.4) is 0 Å². The summed E-state index contributed by atoms with van der Waals surface area (Å²) in [5, 5.41) is 0. The van der Waals surface area contributed by atoms with Crippen molar-refractivity contribution < 1.29 is 18.7 Å². The van der Waals surface area contributed by atoms with Gasteiger partial charge in [-0.25, -0.2) is 4.39 Å². The summed E-state index contributed by atoms with van der Waals surface area (Å²) in [6, 6.07) is 12.0. The molecule has 1 amide bonds. The van der Waals surface area contributed by atoms with Crippen molar-refractivity contribution in [3.8, 4) is 11.5 Å². The molecule has 2 aromatic carbocycles. The Morgan fingerprint density at radius 1 is 0.933 bits per heavy atom. The standard InChI is InChI=1S/C24H29FN2O3/c1-29-23-17-18(7-12-22(23)30-21-5-2-3-6-21)24(28)27-14-4-13-26(15-16-27)20-10-8-19(25)9-11-20/h7-12,17,21H,2-6,13-16H2,1H3. The van der Waals surface area contributed by atoms with Gasteiger partial charge in [-0.05, 0) is 74.6 Å². The lowest BCUT2D eigenvalue weighted by Crippen LogP contribution is -2.35. The van der Waals surface area contributed by atoms with Crippen LogP contribution in [0.1, 0.15) is 42.5 Å². The van der Waals surface area contributed by atoms with E-state index in [-0.39, 0.29) is 17.8 Å². The average Bonchev–Trinajstić information content (AvgIpc) is 3.16. The fourth-order valence-corrected chi connectivity index (χ4v) is 4.30. The van der Waals surface area contributed by atoms with E-state index in [1.165, 1.54) is 25.0 Å². The van der Waals surface area contributed by atoms with Gasteiger partial charge in [-0.2, -0.15) is 0 Å². The summed E-state index contributed by atoms with van der Waals surface area (Å²) in [4.78, 5) is 17.2. The van der Waals surface area contributed by atoms with Gasteiger partial charge < -0.3 is 19.3 Å². The minimum absolute atomic E-state index is 0.00155. The van der Waals surface area contributed by atoms with Crippen molar-refractivity contribution in [2.75, 3.05) is 38.2 Å². The molecule has 0 unspecified atom stereocenters. The summed E-state index contributed by atoms with van der Waals surface area (Å²) in [6.45, 7) is 2.88. The molecule has 1 aliphatic carbocycles. The molecule has 0 radical (unpaired) electrons. The van der Waals surface area contributed by atoms with Crippen molar-refractivity contribution in [2.24, 2.45) is 0 Å². The number of anilines is 1. The van der Waals surface area contributed by atoms with Crippen molar-refractivity contribution in [1.29, 1.82) is 0 Å². The Hall–Kier alpha value is -2.76. The number of benzene rings is 2. The van der Waals surface area contributed by atoms with Crippen molar-refractivity contribution >= 4 is 11.6 Å². The smallest absolute Gasteiger partial charge is 0.254 e. The average molecular weight is 413 g/mol. The Morgan fingerprint density at radius 2 is 1.70 bits per heavy atom. The second-order valence-electron chi connectivity index (χ2n) is 8.00. The van der Waals surface area contributed by atoms with E-state index in [1.54, 1.807) is 25.3 Å². The van der Waals surface area contributed by atoms with Gasteiger partial charge in [0.25, 0.3) is 5.91 Å². The molecule has 0 atom stereocenters. The third-order valence-corrected chi connectivity index (χ3v) is 5.98. The highest BCUT2D eigenvalue weighted by atomic mass is 19.1. The van der Waals surface area contributed by atoms with Crippen LogP contribution in [0, 0.1) is 5.82 Å². The normalized spacial score (nSPS) is 17.7. The van der Waals surface area contributed by atoms with Crippen LogP contribution < -0.4 is 14.4 Å². The highest BCUT2D eigenvalue weighted by Gasteiger charge is 2.23. The largest absolute Gasteiger partial charge is 0.493 e. The van der Waals surface area contributed by atoms with Crippen LogP contribution in [-0.4, -0.2) is 50.2 Å². The molecule has 2 aromatic rings. The van der Waals surface area contributed by atoms with Crippen molar-refractivity contribution in [1.82, 2.24) is 4.90 Å². The van der Waals surface area contributed by atoms with Gasteiger partial charge in [0.1, 0.15) is 5.82 Å². The summed E-state index contributed by atoms with van der Waals surface area (Å²) in [5.41, 5.74) is 1.60. The fraction of sp³-hybridized carbons (Fsp3) is 0.458. The predicted molar refractivity (Wildman–Crippen MR) is 115 cm³/mol. The SMILES string of the molecule is COc1cc(C(=O)N2CCCN(c3ccc(F)cc3)CC2)ccc1OC1CCCC1. The van der Waals surface area contributed by atoms with Crippen LogP contribution in [0.2, 0.25) is 0 Å². The third kappa shape index (κ3) is 4.69. The molecule has 0 bridgehead atoms. The minimum Gasteiger partial charge on any atom is -0.493 e. The number of nitrogens with zero attached hydrogens (tertiary/aromatic N) is 2. The quantitative estimate of drug-likeness (QED) is 0.725. The van der Waals surface area contributed by atoms with Crippen molar-refractivity contribution in [3.05, 3.63) is 53.8 Å². The first-order chi connectivity index (χ1) is 14.6. The van der Waals surface area contributed by atoms with E-state index >= 15 is 0 Å². The fourth-order valence-electron chi connectivity index (χ4n) is 4.30. The monoisotopic (exact) mass is 412 g/mol. The number of ether oxygens (including phenoxy) is 2. The van der Waals surface area contributed by atoms with Gasteiger partial charge >= 0.3 is 0 Å². The molecule has 2 fully saturated rings. The van der Waals surface area contributed by atoms with Crippen LogP contribution in [0.4, 0.5) is 10.1 Å². The maximum absolute atomic E-state index is 13.2. The first-order valence-electron chi connectivity index (χ1n) is 10.8. The van der Waals surface area contributed by atoms with E-state index in [0.717, 1.165) is 38.0 Å². The maximum atomic E-state index is 13.2. The van der Waals surface area contributed by atoms with Gasteiger partial charge in [0.15, 0.2) is 11.5 Å². The van der Waals surface area contributed by atoms with E-state index in [1.807, 2.05) is 17.0 Å². The van der Waals surface area contributed by atoms with Crippen LogP contribution in [-0.2, 0) is 0 Å². The molecule has 30 heavy (non-hydrogen) atoms. The summed E-state index contributed by atoms with van der Waals surface area (Å²) >= 11 is 0. The molecule has 1 aliphatic heterocycles. The number of hydrogen-bond acceptors (Lipinski definition) is 4. The second kappa shape index (κ2) is 9.37. The maximum Gasteiger partial charge on any atom is 0.254 e. The zero-order valence-corrected chi connectivity index (χ0v) is 17.5. The Balaban J connectivity index is 1.42. The molecule has 0 N–H and O–H groups in total. The van der Waals surface area contributed by atoms with Gasteiger partial charge in [-0.1, -0.05) is 0 Å². The molecule has 1 saturated heterocycles. The number of rotatable bonds is 5. The first-order valence-corrected chi connectivity index (χ1v) is 10.8. The highest BCUT2D eigenvalue weighted by molar-refractivity contribution is 5.95. The molecule has 0 spiro atoms. The lowest BCUT2D eigenvalue weighted by molar-refractivity contribution is 0.0766. The Bertz CT molecular complexity index is 865. The third-order valence-electron chi connectivity index (χ3n) is 5.98. The van der Waals surface area contributed by atoms with Gasteiger partial charge in [0.2, 0.25) is 0 Å². The molecule has 5 nitrogen and oxygen atoms in total. The van der Waals surface area contributed by atoms with E-state index in [0.29, 0.717) is 30.2 Å². The Labute approximate surface area is 177 Å². The molecular weight excluding hydrogens is 383 g/mol. The number of amides is 1. The molecule has 2 aliphatic rings. The molecule has 1 heterocycles. The van der Waals surface area contributed by atoms with Crippen LogP contribution in [0.25, 0.3) is 0 Å². The summed E-state index contributed by atoms with van der Waals surface area (Å²) in [7, 11) is 1.61. The van der Waals surface area contributed by atoms with E-state index in [4.69, 9.17) is 9.47 Å². The lowest BCUT2D eigenvalue weighted by atomic mass is 10.1. The van der Waals surface area contributed by atoms with Crippen LogP contribution in [0.5, 0.6) is 11.5 Å². The molecule has 4 rings (SSSR count). The molecule has 160 valence electrons. The van der Waals surface area contributed by atoms with Gasteiger partial charge in [-0.3, -0.25) is 4.79 Å². The summed E-state index contributed by atoms with van der Waals surface area (Å²) in [5.74, 6) is 1.08. The zero-order valence-electron chi connectivity index (χ0n) is 17.5. The predicted octanol–water partition coefficient (Wildman–Crippen LogP) is 4.51.